The molecule has 7 nitrogen and oxygen atoms in total. The van der Waals surface area contributed by atoms with Crippen LogP contribution in [0.5, 0.6) is 0 Å². The summed E-state index contributed by atoms with van der Waals surface area (Å²) in [6, 6.07) is 12.3. The number of halogens is 2. The minimum absolute atomic E-state index is 0. The molecule has 0 unspecified atom stereocenters. The van der Waals surface area contributed by atoms with E-state index in [1.165, 1.54) is 0 Å². The summed E-state index contributed by atoms with van der Waals surface area (Å²) in [7, 11) is 0. The fraction of sp³-hybridized carbons (Fsp3) is 0.292. The topological polar surface area (TPSA) is 84.4 Å². The number of aromatic nitrogens is 3. The van der Waals surface area contributed by atoms with Gasteiger partial charge in [-0.1, -0.05) is 35.0 Å². The highest BCUT2D eigenvalue weighted by Crippen LogP contribution is 2.34. The maximum absolute atomic E-state index is 11.1. The van der Waals surface area contributed by atoms with Crippen molar-refractivity contribution in [3.05, 3.63) is 58.7 Å². The molecule has 2 aromatic heterocycles. The molecule has 0 saturated carbocycles. The van der Waals surface area contributed by atoms with Gasteiger partial charge in [0.05, 0.1) is 11.6 Å². The highest BCUT2D eigenvalue weighted by atomic mass is 35.5. The van der Waals surface area contributed by atoms with Crippen molar-refractivity contribution in [3.63, 3.8) is 0 Å². The predicted octanol–water partition coefficient (Wildman–Crippen LogP) is 5.46. The maximum atomic E-state index is 11.1. The molecule has 0 spiro atoms. The number of hydrogen-bond donors (Lipinski definition) is 1. The third-order valence-corrected chi connectivity index (χ3v) is 6.26. The monoisotopic (exact) mass is 486 g/mol. The van der Waals surface area contributed by atoms with Crippen LogP contribution in [0.15, 0.2) is 47.1 Å². The molecule has 0 amide bonds. The van der Waals surface area contributed by atoms with Crippen LogP contribution in [-0.4, -0.2) is 43.8 Å². The van der Waals surface area contributed by atoms with Crippen LogP contribution in [0.3, 0.4) is 0 Å². The van der Waals surface area contributed by atoms with Gasteiger partial charge in [0.1, 0.15) is 0 Å². The predicted molar refractivity (Wildman–Crippen MR) is 130 cm³/mol. The highest BCUT2D eigenvalue weighted by molar-refractivity contribution is 6.35. The molecule has 0 atom stereocenters. The van der Waals surface area contributed by atoms with Crippen molar-refractivity contribution in [1.82, 2.24) is 19.6 Å². The molecule has 3 heterocycles. The van der Waals surface area contributed by atoms with E-state index in [-0.39, 0.29) is 19.0 Å². The number of carbonyl (C=O) groups is 1. The number of aliphatic carboxylic acids is 1. The number of fused-ring (bicyclic) bond motifs is 2. The second-order valence-corrected chi connectivity index (χ2v) is 8.84. The molecule has 172 valence electrons. The Morgan fingerprint density at radius 3 is 2.85 bits per heavy atom. The van der Waals surface area contributed by atoms with Crippen LogP contribution in [0, 0.1) is 0 Å². The van der Waals surface area contributed by atoms with E-state index in [2.05, 4.69) is 28.6 Å². The van der Waals surface area contributed by atoms with E-state index in [9.17, 15) is 4.79 Å². The first-order chi connectivity index (χ1) is 15.4. The first-order valence-electron chi connectivity index (χ1n) is 10.6. The SMILES string of the molecule is CC(C)n1cc(Cl)c2cc(-c3nc(-c4cccc5c4CCN(CC(=O)O)C5)no3)ccc21.Cl. The Morgan fingerprint density at radius 1 is 1.27 bits per heavy atom. The molecule has 5 rings (SSSR count). The number of rotatable bonds is 5. The summed E-state index contributed by atoms with van der Waals surface area (Å²) in [4.78, 5) is 17.7. The molecule has 0 aliphatic carbocycles. The van der Waals surface area contributed by atoms with Gasteiger partial charge in [0.25, 0.3) is 5.89 Å². The lowest BCUT2D eigenvalue weighted by Crippen LogP contribution is -2.34. The van der Waals surface area contributed by atoms with Crippen molar-refractivity contribution < 1.29 is 14.4 Å². The Hall–Kier alpha value is -2.87. The second-order valence-electron chi connectivity index (χ2n) is 8.43. The molecular weight excluding hydrogens is 463 g/mol. The minimum atomic E-state index is -0.812. The van der Waals surface area contributed by atoms with Gasteiger partial charge in [0.2, 0.25) is 5.82 Å². The molecule has 1 aliphatic rings. The van der Waals surface area contributed by atoms with Gasteiger partial charge < -0.3 is 14.2 Å². The summed E-state index contributed by atoms with van der Waals surface area (Å²) in [5.41, 5.74) is 5.06. The van der Waals surface area contributed by atoms with Crippen LogP contribution in [0.25, 0.3) is 33.7 Å². The Kier molecular flexibility index (Phi) is 6.47. The largest absolute Gasteiger partial charge is 0.480 e. The van der Waals surface area contributed by atoms with E-state index in [0.29, 0.717) is 35.9 Å². The zero-order chi connectivity index (χ0) is 22.4. The normalized spacial score (nSPS) is 13.8. The molecule has 33 heavy (non-hydrogen) atoms. The maximum Gasteiger partial charge on any atom is 0.317 e. The van der Waals surface area contributed by atoms with Gasteiger partial charge in [0, 0.05) is 47.4 Å². The number of carboxylic acids is 1. The van der Waals surface area contributed by atoms with Gasteiger partial charge in [-0.05, 0) is 49.6 Å². The Labute approximate surface area is 202 Å². The summed E-state index contributed by atoms with van der Waals surface area (Å²) >= 11 is 6.48. The smallest absolute Gasteiger partial charge is 0.317 e. The third-order valence-electron chi connectivity index (χ3n) is 5.96. The Morgan fingerprint density at radius 2 is 2.09 bits per heavy atom. The molecule has 1 N–H and O–H groups in total. The molecule has 2 aromatic carbocycles. The second kappa shape index (κ2) is 9.17. The molecule has 0 saturated heterocycles. The van der Waals surface area contributed by atoms with E-state index in [0.717, 1.165) is 39.6 Å². The van der Waals surface area contributed by atoms with Gasteiger partial charge in [-0.25, -0.2) is 0 Å². The zero-order valence-corrected chi connectivity index (χ0v) is 19.9. The molecule has 4 aromatic rings. The fourth-order valence-corrected chi connectivity index (χ4v) is 4.68. The molecule has 0 bridgehead atoms. The van der Waals surface area contributed by atoms with Gasteiger partial charge in [-0.2, -0.15) is 4.98 Å². The quantitative estimate of drug-likeness (QED) is 0.403. The molecular formula is C24H24Cl2N4O3. The van der Waals surface area contributed by atoms with Crippen LogP contribution >= 0.6 is 24.0 Å². The Balaban J connectivity index is 0.00000259. The first kappa shape index (κ1) is 23.3. The van der Waals surface area contributed by atoms with Crippen molar-refractivity contribution in [2.24, 2.45) is 0 Å². The first-order valence-corrected chi connectivity index (χ1v) is 11.0. The number of nitrogens with zero attached hydrogens (tertiary/aromatic N) is 4. The average Bonchev–Trinajstić information content (AvgIpc) is 3.38. The van der Waals surface area contributed by atoms with Crippen LogP contribution in [0.1, 0.15) is 31.0 Å². The molecule has 0 fully saturated rings. The fourth-order valence-electron chi connectivity index (χ4n) is 4.43. The van der Waals surface area contributed by atoms with E-state index < -0.39 is 5.97 Å². The summed E-state index contributed by atoms with van der Waals surface area (Å²) in [6.07, 6.45) is 2.69. The van der Waals surface area contributed by atoms with Crippen molar-refractivity contribution in [3.8, 4) is 22.8 Å². The third kappa shape index (κ3) is 4.36. The summed E-state index contributed by atoms with van der Waals surface area (Å²) < 4.78 is 7.76. The highest BCUT2D eigenvalue weighted by Gasteiger charge is 2.23. The lowest BCUT2D eigenvalue weighted by Gasteiger charge is -2.28. The van der Waals surface area contributed by atoms with Crippen LogP contribution in [-0.2, 0) is 17.8 Å². The summed E-state index contributed by atoms with van der Waals surface area (Å²) in [6.45, 7) is 5.57. The Bertz CT molecular complexity index is 1330. The van der Waals surface area contributed by atoms with E-state index >= 15 is 0 Å². The van der Waals surface area contributed by atoms with Crippen molar-refractivity contribution in [1.29, 1.82) is 0 Å². The number of hydrogen-bond acceptors (Lipinski definition) is 5. The van der Waals surface area contributed by atoms with Gasteiger partial charge >= 0.3 is 5.97 Å². The van der Waals surface area contributed by atoms with Gasteiger partial charge in [0.15, 0.2) is 0 Å². The van der Waals surface area contributed by atoms with Crippen LogP contribution in [0.4, 0.5) is 0 Å². The lowest BCUT2D eigenvalue weighted by atomic mass is 9.94. The van der Waals surface area contributed by atoms with Gasteiger partial charge in [-0.3, -0.25) is 9.69 Å². The standard InChI is InChI=1S/C24H23ClN4O3.ClH/c1-14(2)29-12-20(25)19-10-15(6-7-21(19)29)24-26-23(27-32-24)18-5-3-4-16-11-28(13-22(30)31)9-8-17(16)18;/h3-7,10,12,14H,8-9,11,13H2,1-2H3,(H,30,31);1H. The van der Waals surface area contributed by atoms with Crippen molar-refractivity contribution >= 4 is 40.9 Å². The average molecular weight is 487 g/mol. The number of benzene rings is 2. The number of carboxylic acid groups (broad SMARTS) is 1. The van der Waals surface area contributed by atoms with E-state index in [1.54, 1.807) is 0 Å². The van der Waals surface area contributed by atoms with Crippen LogP contribution < -0.4 is 0 Å². The van der Waals surface area contributed by atoms with Crippen LogP contribution in [0.2, 0.25) is 5.02 Å². The van der Waals surface area contributed by atoms with E-state index in [1.807, 2.05) is 47.5 Å². The van der Waals surface area contributed by atoms with Gasteiger partial charge in [-0.15, -0.1) is 12.4 Å². The molecule has 9 heteroatoms. The van der Waals surface area contributed by atoms with Crippen molar-refractivity contribution in [2.45, 2.75) is 32.9 Å². The summed E-state index contributed by atoms with van der Waals surface area (Å²) in [5.74, 6) is 0.166. The van der Waals surface area contributed by atoms with Crippen molar-refractivity contribution in [2.75, 3.05) is 13.1 Å². The molecule has 1 aliphatic heterocycles. The summed E-state index contributed by atoms with van der Waals surface area (Å²) in [5, 5.41) is 15.0. The minimum Gasteiger partial charge on any atom is -0.480 e. The lowest BCUT2D eigenvalue weighted by molar-refractivity contribution is -0.138. The molecule has 0 radical (unpaired) electrons. The van der Waals surface area contributed by atoms with E-state index in [4.69, 9.17) is 21.2 Å². The zero-order valence-electron chi connectivity index (χ0n) is 18.3.